The third kappa shape index (κ3) is 2.51. The molecule has 3 N–H and O–H groups in total. The summed E-state index contributed by atoms with van der Waals surface area (Å²) < 4.78 is 25.6. The van der Waals surface area contributed by atoms with Gasteiger partial charge in [-0.3, -0.25) is 0 Å². The molecule has 1 rings (SSSR count). The summed E-state index contributed by atoms with van der Waals surface area (Å²) in [6.07, 6.45) is -1.26. The van der Waals surface area contributed by atoms with Crippen molar-refractivity contribution in [2.45, 2.75) is 37.6 Å². The van der Waals surface area contributed by atoms with Crippen LogP contribution in [0.15, 0.2) is 0 Å². The van der Waals surface area contributed by atoms with Crippen LogP contribution in [-0.4, -0.2) is 28.2 Å². The molecule has 1 unspecified atom stereocenters. The Labute approximate surface area is 74.3 Å². The first-order valence-electron chi connectivity index (χ1n) is 4.07. The van der Waals surface area contributed by atoms with Crippen LogP contribution in [0.4, 0.5) is 13.6 Å². The maximum atomic E-state index is 12.8. The van der Waals surface area contributed by atoms with Crippen LogP contribution >= 0.6 is 0 Å². The molecular formula is C7H12F2N2O2. The molecule has 0 aliphatic heterocycles. The number of nitrogens with two attached hydrogens (primary N) is 1. The van der Waals surface area contributed by atoms with Crippen molar-refractivity contribution in [3.05, 3.63) is 0 Å². The van der Waals surface area contributed by atoms with Gasteiger partial charge in [0, 0.05) is 12.8 Å². The smallest absolute Gasteiger partial charge is 0.421 e. The van der Waals surface area contributed by atoms with Gasteiger partial charge in [-0.2, -0.15) is 0 Å². The van der Waals surface area contributed by atoms with Gasteiger partial charge in [0.2, 0.25) is 5.92 Å². The van der Waals surface area contributed by atoms with E-state index in [-0.39, 0.29) is 6.42 Å². The molecule has 0 radical (unpaired) electrons. The van der Waals surface area contributed by atoms with Gasteiger partial charge in [0.05, 0.1) is 6.04 Å². The minimum absolute atomic E-state index is 0.170. The molecule has 1 aliphatic rings. The Kier molecular flexibility index (Phi) is 2.70. The SMILES string of the molecule is NN(C(=O)O)C1CCCC(F)(F)C1. The minimum Gasteiger partial charge on any atom is -0.464 e. The second kappa shape index (κ2) is 3.45. The number of rotatable bonds is 1. The summed E-state index contributed by atoms with van der Waals surface area (Å²) in [4.78, 5) is 10.4. The number of halogens is 2. The molecule has 0 aromatic heterocycles. The standard InChI is InChI=1S/C7H12F2N2O2/c8-7(9)3-1-2-5(4-7)11(10)6(12)13/h5H,1-4,10H2,(H,12,13). The minimum atomic E-state index is -2.77. The van der Waals surface area contributed by atoms with E-state index in [1.807, 2.05) is 0 Å². The third-order valence-electron chi connectivity index (χ3n) is 2.23. The molecule has 0 aromatic carbocycles. The molecule has 0 heterocycles. The highest BCUT2D eigenvalue weighted by atomic mass is 19.3. The van der Waals surface area contributed by atoms with Gasteiger partial charge < -0.3 is 5.11 Å². The van der Waals surface area contributed by atoms with E-state index in [1.54, 1.807) is 0 Å². The summed E-state index contributed by atoms with van der Waals surface area (Å²) in [5.74, 6) is 2.34. The van der Waals surface area contributed by atoms with Gasteiger partial charge in [-0.15, -0.1) is 0 Å². The van der Waals surface area contributed by atoms with Crippen molar-refractivity contribution in [3.63, 3.8) is 0 Å². The van der Waals surface area contributed by atoms with E-state index in [1.165, 1.54) is 0 Å². The van der Waals surface area contributed by atoms with Crippen molar-refractivity contribution in [2.75, 3.05) is 0 Å². The van der Waals surface area contributed by atoms with Gasteiger partial charge in [0.25, 0.3) is 0 Å². The molecule has 1 saturated carbocycles. The molecule has 76 valence electrons. The quantitative estimate of drug-likeness (QED) is 0.377. The van der Waals surface area contributed by atoms with Gasteiger partial charge in [-0.05, 0) is 12.8 Å². The van der Waals surface area contributed by atoms with Crippen LogP contribution < -0.4 is 5.84 Å². The van der Waals surface area contributed by atoms with Crippen LogP contribution in [-0.2, 0) is 0 Å². The lowest BCUT2D eigenvalue weighted by atomic mass is 9.92. The van der Waals surface area contributed by atoms with Crippen molar-refractivity contribution in [1.29, 1.82) is 0 Å². The van der Waals surface area contributed by atoms with Gasteiger partial charge >= 0.3 is 6.09 Å². The molecule has 4 nitrogen and oxygen atoms in total. The Bertz CT molecular complexity index is 211. The van der Waals surface area contributed by atoms with Crippen LogP contribution in [0.25, 0.3) is 0 Å². The summed E-state index contributed by atoms with van der Waals surface area (Å²) in [7, 11) is 0. The number of carboxylic acid groups (broad SMARTS) is 1. The van der Waals surface area contributed by atoms with Crippen LogP contribution in [0.2, 0.25) is 0 Å². The zero-order valence-corrected chi connectivity index (χ0v) is 7.04. The Morgan fingerprint density at radius 3 is 2.69 bits per heavy atom. The number of alkyl halides is 2. The third-order valence-corrected chi connectivity index (χ3v) is 2.23. The van der Waals surface area contributed by atoms with Crippen molar-refractivity contribution < 1.29 is 18.7 Å². The first-order valence-corrected chi connectivity index (χ1v) is 4.07. The first kappa shape index (κ1) is 10.2. The largest absolute Gasteiger partial charge is 0.464 e. The van der Waals surface area contributed by atoms with Crippen LogP contribution in [0.5, 0.6) is 0 Å². The van der Waals surface area contributed by atoms with E-state index in [0.717, 1.165) is 0 Å². The molecule has 1 aliphatic carbocycles. The molecular weight excluding hydrogens is 182 g/mol. The van der Waals surface area contributed by atoms with Gasteiger partial charge in [0.15, 0.2) is 0 Å². The summed E-state index contributed by atoms with van der Waals surface area (Å²) in [5.41, 5.74) is 0. The maximum absolute atomic E-state index is 12.8. The predicted octanol–water partition coefficient (Wildman–Crippen LogP) is 1.42. The van der Waals surface area contributed by atoms with E-state index in [9.17, 15) is 13.6 Å². The fourth-order valence-electron chi connectivity index (χ4n) is 1.54. The van der Waals surface area contributed by atoms with Gasteiger partial charge in [0.1, 0.15) is 0 Å². The zero-order valence-electron chi connectivity index (χ0n) is 7.04. The highest BCUT2D eigenvalue weighted by Crippen LogP contribution is 2.34. The Morgan fingerprint density at radius 1 is 1.62 bits per heavy atom. The molecule has 0 bridgehead atoms. The molecule has 0 aromatic rings. The number of hydrazine groups is 1. The van der Waals surface area contributed by atoms with Gasteiger partial charge in [-0.1, -0.05) is 0 Å². The first-order chi connectivity index (χ1) is 5.92. The van der Waals surface area contributed by atoms with E-state index >= 15 is 0 Å². The molecule has 13 heavy (non-hydrogen) atoms. The van der Waals surface area contributed by atoms with E-state index in [4.69, 9.17) is 10.9 Å². The molecule has 1 amide bonds. The average Bonchev–Trinajstić information content (AvgIpc) is 2.01. The lowest BCUT2D eigenvalue weighted by molar-refractivity contribution is -0.0600. The number of hydrogen-bond donors (Lipinski definition) is 2. The maximum Gasteiger partial charge on any atom is 0.421 e. The van der Waals surface area contributed by atoms with Crippen LogP contribution in [0, 0.1) is 0 Å². The molecule has 1 atom stereocenters. The second-order valence-corrected chi connectivity index (χ2v) is 3.30. The fourth-order valence-corrected chi connectivity index (χ4v) is 1.54. The van der Waals surface area contributed by atoms with E-state index in [2.05, 4.69) is 0 Å². The number of amides is 1. The van der Waals surface area contributed by atoms with Crippen molar-refractivity contribution in [2.24, 2.45) is 5.84 Å². The average molecular weight is 194 g/mol. The molecule has 1 fully saturated rings. The van der Waals surface area contributed by atoms with Crippen molar-refractivity contribution in [1.82, 2.24) is 5.01 Å². The highest BCUT2D eigenvalue weighted by molar-refractivity contribution is 5.64. The summed E-state index contributed by atoms with van der Waals surface area (Å²) in [6, 6.07) is -0.749. The summed E-state index contributed by atoms with van der Waals surface area (Å²) >= 11 is 0. The van der Waals surface area contributed by atoms with Crippen LogP contribution in [0.3, 0.4) is 0 Å². The highest BCUT2D eigenvalue weighted by Gasteiger charge is 2.39. The number of nitrogens with zero attached hydrogens (tertiary/aromatic N) is 1. The second-order valence-electron chi connectivity index (χ2n) is 3.30. The normalized spacial score (nSPS) is 26.8. The Hall–Kier alpha value is -0.910. The molecule has 6 heteroatoms. The van der Waals surface area contributed by atoms with E-state index < -0.39 is 24.5 Å². The predicted molar refractivity (Wildman–Crippen MR) is 41.3 cm³/mol. The van der Waals surface area contributed by atoms with Crippen molar-refractivity contribution >= 4 is 6.09 Å². The number of hydrogen-bond acceptors (Lipinski definition) is 2. The lowest BCUT2D eigenvalue weighted by Crippen LogP contribution is -2.49. The van der Waals surface area contributed by atoms with E-state index in [0.29, 0.717) is 17.9 Å². The Balaban J connectivity index is 2.56. The lowest BCUT2D eigenvalue weighted by Gasteiger charge is -2.32. The molecule has 0 spiro atoms. The summed E-state index contributed by atoms with van der Waals surface area (Å²) in [6.45, 7) is 0. The molecule has 0 saturated heterocycles. The van der Waals surface area contributed by atoms with Crippen LogP contribution in [0.1, 0.15) is 25.7 Å². The number of carbonyl (C=O) groups is 1. The zero-order chi connectivity index (χ0) is 10.1. The fraction of sp³-hybridized carbons (Fsp3) is 0.857. The monoisotopic (exact) mass is 194 g/mol. The summed E-state index contributed by atoms with van der Waals surface area (Å²) in [5, 5.41) is 8.94. The Morgan fingerprint density at radius 2 is 2.23 bits per heavy atom. The topological polar surface area (TPSA) is 66.6 Å². The van der Waals surface area contributed by atoms with Crippen molar-refractivity contribution in [3.8, 4) is 0 Å². The van der Waals surface area contributed by atoms with Gasteiger partial charge in [-0.25, -0.2) is 24.4 Å².